The van der Waals surface area contributed by atoms with Gasteiger partial charge in [-0.1, -0.05) is 64.7 Å². The number of nitrogens with zero attached hydrogens (tertiary/aromatic N) is 1. The highest BCUT2D eigenvalue weighted by Crippen LogP contribution is 2.16. The monoisotopic (exact) mass is 455 g/mol. The van der Waals surface area contributed by atoms with Crippen molar-refractivity contribution in [3.8, 4) is 0 Å². The topological polar surface area (TPSA) is 111 Å². The second-order valence-corrected chi connectivity index (χ2v) is 8.67. The standard InChI is InChI=1S/C24H45N3O5/c1-3-4-5-6-7-8-9-10-11-16-21(32-24(30)27-19-14-17-22(27)28)26-20(23(29)31-2)15-12-13-18-25/h20-21,26H,3-19,25H2,1-2H3/t20-,21?/m0/s1. The molecule has 1 fully saturated rings. The fraction of sp³-hybridized carbons (Fsp3) is 0.875. The molecule has 2 amide bonds. The largest absolute Gasteiger partial charge is 0.468 e. The maximum absolute atomic E-state index is 12.5. The Hall–Kier alpha value is -1.67. The van der Waals surface area contributed by atoms with Gasteiger partial charge in [-0.15, -0.1) is 0 Å². The molecule has 1 heterocycles. The number of imide groups is 1. The van der Waals surface area contributed by atoms with E-state index in [2.05, 4.69) is 12.2 Å². The van der Waals surface area contributed by atoms with Crippen LogP contribution in [0.1, 0.15) is 103 Å². The van der Waals surface area contributed by atoms with Crippen molar-refractivity contribution in [2.45, 2.75) is 116 Å². The molecule has 0 aromatic rings. The third-order valence-corrected chi connectivity index (χ3v) is 5.93. The number of methoxy groups -OCH3 is 1. The van der Waals surface area contributed by atoms with Gasteiger partial charge >= 0.3 is 12.1 Å². The molecule has 186 valence electrons. The normalized spacial score (nSPS) is 15.6. The number of hydrogen-bond acceptors (Lipinski definition) is 7. The number of esters is 1. The average Bonchev–Trinajstić information content (AvgIpc) is 3.22. The Morgan fingerprint density at radius 2 is 1.62 bits per heavy atom. The summed E-state index contributed by atoms with van der Waals surface area (Å²) >= 11 is 0. The van der Waals surface area contributed by atoms with Crippen molar-refractivity contribution >= 4 is 18.0 Å². The van der Waals surface area contributed by atoms with Crippen molar-refractivity contribution in [2.24, 2.45) is 5.73 Å². The first-order chi connectivity index (χ1) is 15.5. The molecule has 0 aliphatic carbocycles. The summed E-state index contributed by atoms with van der Waals surface area (Å²) in [6.45, 7) is 3.17. The highest BCUT2D eigenvalue weighted by atomic mass is 16.6. The van der Waals surface area contributed by atoms with Gasteiger partial charge in [0.15, 0.2) is 6.23 Å². The van der Waals surface area contributed by atoms with Crippen LogP contribution in [0.4, 0.5) is 4.79 Å². The third kappa shape index (κ3) is 11.8. The second-order valence-electron chi connectivity index (χ2n) is 8.67. The van der Waals surface area contributed by atoms with Gasteiger partial charge in [-0.25, -0.2) is 9.69 Å². The zero-order valence-electron chi connectivity index (χ0n) is 20.2. The van der Waals surface area contributed by atoms with Gasteiger partial charge < -0.3 is 15.2 Å². The molecular formula is C24H45N3O5. The number of nitrogens with two attached hydrogens (primary N) is 1. The van der Waals surface area contributed by atoms with Gasteiger partial charge in [-0.2, -0.15) is 0 Å². The lowest BCUT2D eigenvalue weighted by molar-refractivity contribution is -0.144. The molecule has 1 unspecified atom stereocenters. The second kappa shape index (κ2) is 17.8. The summed E-state index contributed by atoms with van der Waals surface area (Å²) in [4.78, 5) is 37.8. The van der Waals surface area contributed by atoms with Crippen molar-refractivity contribution in [1.82, 2.24) is 10.2 Å². The third-order valence-electron chi connectivity index (χ3n) is 5.93. The van der Waals surface area contributed by atoms with Gasteiger partial charge in [-0.3, -0.25) is 14.9 Å². The Bertz CT molecular complexity index is 544. The minimum atomic E-state index is -0.637. The zero-order valence-corrected chi connectivity index (χ0v) is 20.2. The van der Waals surface area contributed by atoms with Crippen LogP contribution in [0, 0.1) is 0 Å². The number of likely N-dealkylation sites (tertiary alicyclic amines) is 1. The molecule has 1 aliphatic rings. The molecule has 1 rings (SSSR count). The van der Waals surface area contributed by atoms with Crippen LogP contribution >= 0.6 is 0 Å². The first kappa shape index (κ1) is 28.4. The molecule has 0 spiro atoms. The number of carbonyl (C=O) groups excluding carboxylic acids is 3. The van der Waals surface area contributed by atoms with Gasteiger partial charge in [-0.05, 0) is 38.6 Å². The van der Waals surface area contributed by atoms with Crippen molar-refractivity contribution in [3.05, 3.63) is 0 Å². The lowest BCUT2D eigenvalue weighted by atomic mass is 10.1. The van der Waals surface area contributed by atoms with Crippen molar-refractivity contribution in [3.63, 3.8) is 0 Å². The van der Waals surface area contributed by atoms with Crippen molar-refractivity contribution in [2.75, 3.05) is 20.2 Å². The van der Waals surface area contributed by atoms with E-state index in [-0.39, 0.29) is 11.9 Å². The molecule has 1 saturated heterocycles. The van der Waals surface area contributed by atoms with E-state index in [0.717, 1.165) is 37.0 Å². The van der Waals surface area contributed by atoms with Gasteiger partial charge in [0, 0.05) is 13.0 Å². The summed E-state index contributed by atoms with van der Waals surface area (Å²) in [6.07, 6.45) is 13.2. The lowest BCUT2D eigenvalue weighted by Gasteiger charge is -2.26. The van der Waals surface area contributed by atoms with E-state index in [0.29, 0.717) is 38.8 Å². The van der Waals surface area contributed by atoms with Crippen LogP contribution in [0.15, 0.2) is 0 Å². The molecule has 0 saturated carbocycles. The predicted molar refractivity (Wildman–Crippen MR) is 125 cm³/mol. The van der Waals surface area contributed by atoms with Gasteiger partial charge in [0.25, 0.3) is 0 Å². The van der Waals surface area contributed by atoms with Gasteiger partial charge in [0.2, 0.25) is 5.91 Å². The molecule has 0 aromatic carbocycles. The first-order valence-electron chi connectivity index (χ1n) is 12.6. The molecular weight excluding hydrogens is 410 g/mol. The number of unbranched alkanes of at least 4 members (excludes halogenated alkanes) is 9. The molecule has 3 N–H and O–H groups in total. The van der Waals surface area contributed by atoms with E-state index in [4.69, 9.17) is 15.2 Å². The highest BCUT2D eigenvalue weighted by Gasteiger charge is 2.31. The Morgan fingerprint density at radius 1 is 1.00 bits per heavy atom. The number of nitrogens with one attached hydrogen (secondary N) is 1. The van der Waals surface area contributed by atoms with E-state index in [1.165, 1.54) is 45.6 Å². The smallest absolute Gasteiger partial charge is 0.418 e. The van der Waals surface area contributed by atoms with E-state index >= 15 is 0 Å². The summed E-state index contributed by atoms with van der Waals surface area (Å²) in [5, 5.41) is 3.16. The summed E-state index contributed by atoms with van der Waals surface area (Å²) in [5.74, 6) is -0.586. The quantitative estimate of drug-likeness (QED) is 0.180. The zero-order chi connectivity index (χ0) is 23.6. The molecule has 2 atom stereocenters. The molecule has 0 bridgehead atoms. The van der Waals surface area contributed by atoms with Crippen molar-refractivity contribution in [1.29, 1.82) is 0 Å². The van der Waals surface area contributed by atoms with Gasteiger partial charge in [0.1, 0.15) is 6.04 Å². The minimum absolute atomic E-state index is 0.204. The molecule has 32 heavy (non-hydrogen) atoms. The van der Waals surface area contributed by atoms with Crippen LogP contribution in [0.5, 0.6) is 0 Å². The Morgan fingerprint density at radius 3 is 2.19 bits per heavy atom. The first-order valence-corrected chi connectivity index (χ1v) is 12.6. The number of carbonyl (C=O) groups is 3. The Balaban J connectivity index is 2.55. The maximum Gasteiger partial charge on any atom is 0.418 e. The van der Waals surface area contributed by atoms with E-state index < -0.39 is 18.4 Å². The fourth-order valence-electron chi connectivity index (χ4n) is 3.97. The summed E-state index contributed by atoms with van der Waals surface area (Å²) in [6, 6.07) is -0.572. The highest BCUT2D eigenvalue weighted by molar-refractivity contribution is 5.93. The summed E-state index contributed by atoms with van der Waals surface area (Å²) < 4.78 is 10.6. The minimum Gasteiger partial charge on any atom is -0.468 e. The number of rotatable bonds is 18. The van der Waals surface area contributed by atoms with Crippen molar-refractivity contribution < 1.29 is 23.9 Å². The average molecular weight is 456 g/mol. The molecule has 8 nitrogen and oxygen atoms in total. The molecule has 1 aliphatic heterocycles. The SMILES string of the molecule is CCCCCCCCCCCC(N[C@@H](CCCCN)C(=O)OC)OC(=O)N1CCCC1=O. The molecule has 0 aromatic heterocycles. The lowest BCUT2D eigenvalue weighted by Crippen LogP contribution is -2.47. The number of hydrogen-bond donors (Lipinski definition) is 2. The van der Waals surface area contributed by atoms with E-state index in [1.54, 1.807) is 0 Å². The van der Waals surface area contributed by atoms with Crippen LogP contribution in [0.25, 0.3) is 0 Å². The van der Waals surface area contributed by atoms with Crippen LogP contribution in [0.2, 0.25) is 0 Å². The maximum atomic E-state index is 12.5. The summed E-state index contributed by atoms with van der Waals surface area (Å²) in [7, 11) is 1.35. The van der Waals surface area contributed by atoms with Gasteiger partial charge in [0.05, 0.1) is 7.11 Å². The predicted octanol–water partition coefficient (Wildman–Crippen LogP) is 4.25. The van der Waals surface area contributed by atoms with Crippen LogP contribution in [-0.4, -0.2) is 55.3 Å². The fourth-order valence-corrected chi connectivity index (χ4v) is 3.97. The molecule has 8 heteroatoms. The Labute approximate surface area is 193 Å². The Kier molecular flexibility index (Phi) is 15.8. The van der Waals surface area contributed by atoms with E-state index in [9.17, 15) is 14.4 Å². The van der Waals surface area contributed by atoms with Crippen LogP contribution < -0.4 is 11.1 Å². The number of ether oxygens (including phenoxy) is 2. The van der Waals surface area contributed by atoms with E-state index in [1.807, 2.05) is 0 Å². The number of amides is 2. The van der Waals surface area contributed by atoms with Crippen LogP contribution in [0.3, 0.4) is 0 Å². The molecule has 0 radical (unpaired) electrons. The summed E-state index contributed by atoms with van der Waals surface area (Å²) in [5.41, 5.74) is 5.57. The van der Waals surface area contributed by atoms with Crippen LogP contribution in [-0.2, 0) is 19.1 Å².